The van der Waals surface area contributed by atoms with Gasteiger partial charge in [-0.1, -0.05) is 35.9 Å². The van der Waals surface area contributed by atoms with Crippen LogP contribution >= 0.6 is 0 Å². The Labute approximate surface area is 120 Å². The van der Waals surface area contributed by atoms with Crippen molar-refractivity contribution in [3.8, 4) is 0 Å². The number of benzene rings is 1. The second-order valence-electron chi connectivity index (χ2n) is 5.21. The fourth-order valence-electron chi connectivity index (χ4n) is 2.24. The zero-order valence-corrected chi connectivity index (χ0v) is 12.7. The summed E-state index contributed by atoms with van der Waals surface area (Å²) in [5.41, 5.74) is 1.99. The molecule has 0 aromatic heterocycles. The van der Waals surface area contributed by atoms with Crippen molar-refractivity contribution >= 4 is 9.84 Å². The molecule has 1 aliphatic rings. The van der Waals surface area contributed by atoms with E-state index in [1.807, 2.05) is 49.4 Å². The van der Waals surface area contributed by atoms with Crippen LogP contribution in [0.15, 0.2) is 48.3 Å². The molecule has 0 saturated carbocycles. The molecule has 0 amide bonds. The predicted octanol–water partition coefficient (Wildman–Crippen LogP) is 3.02. The molecule has 0 bridgehead atoms. The van der Waals surface area contributed by atoms with Crippen LogP contribution < -0.4 is 0 Å². The van der Waals surface area contributed by atoms with Gasteiger partial charge in [0.05, 0.1) is 18.6 Å². The summed E-state index contributed by atoms with van der Waals surface area (Å²) in [4.78, 5) is 0. The van der Waals surface area contributed by atoms with Crippen LogP contribution in [0.1, 0.15) is 17.5 Å². The molecular weight excluding hydrogens is 272 g/mol. The lowest BCUT2D eigenvalue weighted by molar-refractivity contribution is 0.302. The summed E-state index contributed by atoms with van der Waals surface area (Å²) in [5.74, 6) is 1.14. The van der Waals surface area contributed by atoms with E-state index in [1.54, 1.807) is 7.11 Å². The zero-order valence-electron chi connectivity index (χ0n) is 11.9. The Morgan fingerprint density at radius 2 is 1.95 bits per heavy atom. The van der Waals surface area contributed by atoms with Crippen molar-refractivity contribution in [2.24, 2.45) is 5.92 Å². The van der Waals surface area contributed by atoms with Gasteiger partial charge in [-0.15, -0.1) is 0 Å². The number of rotatable bonds is 5. The Bertz CT molecular complexity index is 610. The number of hydrogen-bond acceptors (Lipinski definition) is 3. The fraction of sp³-hybridized carbons (Fsp3) is 0.375. The van der Waals surface area contributed by atoms with Crippen LogP contribution in [-0.2, 0) is 20.3 Å². The van der Waals surface area contributed by atoms with Crippen molar-refractivity contribution in [1.82, 2.24) is 0 Å². The molecule has 0 aliphatic heterocycles. The summed E-state index contributed by atoms with van der Waals surface area (Å²) >= 11 is 0. The maximum absolute atomic E-state index is 12.2. The second-order valence-corrected chi connectivity index (χ2v) is 7.31. The molecule has 1 atom stereocenters. The summed E-state index contributed by atoms with van der Waals surface area (Å²) in [5, 5.41) is 0. The highest BCUT2D eigenvalue weighted by atomic mass is 32.2. The van der Waals surface area contributed by atoms with Gasteiger partial charge < -0.3 is 4.74 Å². The monoisotopic (exact) mass is 292 g/mol. The average molecular weight is 292 g/mol. The van der Waals surface area contributed by atoms with E-state index in [1.165, 1.54) is 0 Å². The summed E-state index contributed by atoms with van der Waals surface area (Å²) < 4.78 is 29.5. The molecule has 0 heterocycles. The first kappa shape index (κ1) is 14.9. The summed E-state index contributed by atoms with van der Waals surface area (Å²) in [6.45, 7) is 1.99. The molecule has 0 N–H and O–H groups in total. The summed E-state index contributed by atoms with van der Waals surface area (Å²) in [6.07, 6.45) is 6.42. The number of hydrogen-bond donors (Lipinski definition) is 0. The van der Waals surface area contributed by atoms with E-state index in [0.717, 1.165) is 16.9 Å². The van der Waals surface area contributed by atoms with Gasteiger partial charge in [0.15, 0.2) is 9.84 Å². The quantitative estimate of drug-likeness (QED) is 0.838. The molecule has 1 aromatic rings. The number of sulfone groups is 1. The topological polar surface area (TPSA) is 43.4 Å². The molecule has 20 heavy (non-hydrogen) atoms. The molecule has 1 aliphatic carbocycles. The summed E-state index contributed by atoms with van der Waals surface area (Å²) in [6, 6.07) is 7.65. The highest BCUT2D eigenvalue weighted by Gasteiger charge is 2.19. The third-order valence-corrected chi connectivity index (χ3v) is 5.07. The molecule has 0 fully saturated rings. The Morgan fingerprint density at radius 3 is 2.50 bits per heavy atom. The van der Waals surface area contributed by atoms with Crippen molar-refractivity contribution in [3.63, 3.8) is 0 Å². The Morgan fingerprint density at radius 1 is 1.25 bits per heavy atom. The lowest BCUT2D eigenvalue weighted by atomic mass is 10.0. The first-order valence-corrected chi connectivity index (χ1v) is 8.49. The van der Waals surface area contributed by atoms with E-state index in [0.29, 0.717) is 6.42 Å². The average Bonchev–Trinajstić information content (AvgIpc) is 2.41. The van der Waals surface area contributed by atoms with Crippen LogP contribution in [0.5, 0.6) is 0 Å². The Hall–Kier alpha value is -1.55. The van der Waals surface area contributed by atoms with Crippen molar-refractivity contribution < 1.29 is 13.2 Å². The Balaban J connectivity index is 1.97. The number of ether oxygens (including phenoxy) is 1. The van der Waals surface area contributed by atoms with Gasteiger partial charge in [0.1, 0.15) is 5.76 Å². The van der Waals surface area contributed by atoms with Gasteiger partial charge in [-0.25, -0.2) is 8.42 Å². The molecule has 0 radical (unpaired) electrons. The molecule has 3 nitrogen and oxygen atoms in total. The van der Waals surface area contributed by atoms with Crippen molar-refractivity contribution in [2.75, 3.05) is 12.9 Å². The molecule has 2 rings (SSSR count). The second kappa shape index (κ2) is 6.27. The first-order valence-electron chi connectivity index (χ1n) is 6.67. The molecular formula is C16H20O3S. The molecule has 1 unspecified atom stereocenters. The van der Waals surface area contributed by atoms with Crippen LogP contribution in [0.2, 0.25) is 0 Å². The minimum Gasteiger partial charge on any atom is -0.497 e. The van der Waals surface area contributed by atoms with E-state index >= 15 is 0 Å². The Kier molecular flexibility index (Phi) is 4.65. The smallest absolute Gasteiger partial charge is 0.155 e. The minimum absolute atomic E-state index is 0.0457. The largest absolute Gasteiger partial charge is 0.497 e. The lowest BCUT2D eigenvalue weighted by Gasteiger charge is -2.15. The minimum atomic E-state index is -3.09. The van der Waals surface area contributed by atoms with Gasteiger partial charge in [0.2, 0.25) is 0 Å². The molecule has 0 saturated heterocycles. The SMILES string of the molecule is COC1=CCC(CS(=O)(=O)Cc2ccc(C)cc2)C=C1. The molecule has 4 heteroatoms. The number of aryl methyl sites for hydroxylation is 1. The first-order chi connectivity index (χ1) is 9.48. The highest BCUT2D eigenvalue weighted by molar-refractivity contribution is 7.90. The van der Waals surface area contributed by atoms with Crippen LogP contribution in [0, 0.1) is 12.8 Å². The number of methoxy groups -OCH3 is 1. The number of allylic oxidation sites excluding steroid dienone is 3. The van der Waals surface area contributed by atoms with Gasteiger partial charge in [-0.3, -0.25) is 0 Å². The molecule has 108 valence electrons. The van der Waals surface area contributed by atoms with Gasteiger partial charge in [-0.05, 0) is 37.0 Å². The maximum atomic E-state index is 12.2. The van der Waals surface area contributed by atoms with E-state index < -0.39 is 9.84 Å². The normalized spacial score (nSPS) is 18.7. The summed E-state index contributed by atoms with van der Waals surface area (Å²) in [7, 11) is -1.48. The van der Waals surface area contributed by atoms with Crippen molar-refractivity contribution in [3.05, 3.63) is 59.4 Å². The van der Waals surface area contributed by atoms with E-state index in [-0.39, 0.29) is 17.4 Å². The van der Waals surface area contributed by atoms with Crippen LogP contribution in [0.25, 0.3) is 0 Å². The van der Waals surface area contributed by atoms with Crippen LogP contribution in [0.4, 0.5) is 0 Å². The highest BCUT2D eigenvalue weighted by Crippen LogP contribution is 2.20. The van der Waals surface area contributed by atoms with Gasteiger partial charge in [0.25, 0.3) is 0 Å². The van der Waals surface area contributed by atoms with Gasteiger partial charge >= 0.3 is 0 Å². The van der Waals surface area contributed by atoms with Crippen molar-refractivity contribution in [2.45, 2.75) is 19.1 Å². The predicted molar refractivity (Wildman–Crippen MR) is 81.0 cm³/mol. The standard InChI is InChI=1S/C16H20O3S/c1-13-3-5-14(6-4-13)11-20(17,18)12-15-7-9-16(19-2)10-8-15/h3-7,9-10,15H,8,11-12H2,1-2H3. The third-order valence-electron chi connectivity index (χ3n) is 3.37. The van der Waals surface area contributed by atoms with Crippen LogP contribution in [0.3, 0.4) is 0 Å². The van der Waals surface area contributed by atoms with Crippen LogP contribution in [-0.4, -0.2) is 21.3 Å². The molecule has 0 spiro atoms. The van der Waals surface area contributed by atoms with Gasteiger partial charge in [-0.2, -0.15) is 0 Å². The van der Waals surface area contributed by atoms with Crippen molar-refractivity contribution in [1.29, 1.82) is 0 Å². The van der Waals surface area contributed by atoms with E-state index in [4.69, 9.17) is 4.74 Å². The fourth-order valence-corrected chi connectivity index (χ4v) is 3.96. The van der Waals surface area contributed by atoms with E-state index in [2.05, 4.69) is 0 Å². The zero-order chi connectivity index (χ0) is 14.6. The van der Waals surface area contributed by atoms with E-state index in [9.17, 15) is 8.42 Å². The maximum Gasteiger partial charge on any atom is 0.155 e. The molecule has 1 aromatic carbocycles. The van der Waals surface area contributed by atoms with Gasteiger partial charge in [0, 0.05) is 0 Å². The third kappa shape index (κ3) is 4.23. The lowest BCUT2D eigenvalue weighted by Crippen LogP contribution is -2.17.